The Bertz CT molecular complexity index is 1370. The van der Waals surface area contributed by atoms with Crippen molar-refractivity contribution in [2.24, 2.45) is 0 Å². The van der Waals surface area contributed by atoms with E-state index < -0.39 is 17.8 Å². The highest BCUT2D eigenvalue weighted by molar-refractivity contribution is 7.12. The Morgan fingerprint density at radius 1 is 1.27 bits per heavy atom. The summed E-state index contributed by atoms with van der Waals surface area (Å²) in [4.78, 5) is 18.4. The van der Waals surface area contributed by atoms with E-state index in [0.717, 1.165) is 10.4 Å². The van der Waals surface area contributed by atoms with Crippen LogP contribution in [0.4, 0.5) is 13.2 Å². The standard InChI is InChI=1S/C27H28F3N5OS/c1-5-35-15-23(25(32-35)27(28,29)30)20-9-7-6-8-19(20)22-14-34(26(36)17(2)10-11-33(3)4)16-24-21(22)12-18(13-31)37-24/h6-9,12,15,22H,2,5,10-11,14,16H2,1,3-4H3/t22-/m0/s1. The topological polar surface area (TPSA) is 65.2 Å². The van der Waals surface area contributed by atoms with Crippen LogP contribution in [-0.4, -0.2) is 52.7 Å². The number of hydrogen-bond acceptors (Lipinski definition) is 5. The highest BCUT2D eigenvalue weighted by Crippen LogP contribution is 2.44. The predicted octanol–water partition coefficient (Wildman–Crippen LogP) is 5.50. The van der Waals surface area contributed by atoms with Crippen molar-refractivity contribution in [3.63, 3.8) is 0 Å². The van der Waals surface area contributed by atoms with Crippen LogP contribution in [0.25, 0.3) is 11.1 Å². The number of fused-ring (bicyclic) bond motifs is 1. The molecule has 1 atom stereocenters. The second kappa shape index (κ2) is 10.5. The van der Waals surface area contributed by atoms with Gasteiger partial charge in [0.15, 0.2) is 5.69 Å². The quantitative estimate of drug-likeness (QED) is 0.381. The third-order valence-corrected chi connectivity index (χ3v) is 7.54. The highest BCUT2D eigenvalue weighted by Gasteiger charge is 2.39. The van der Waals surface area contributed by atoms with E-state index in [-0.39, 0.29) is 18.0 Å². The zero-order valence-corrected chi connectivity index (χ0v) is 21.8. The van der Waals surface area contributed by atoms with Gasteiger partial charge in [-0.3, -0.25) is 9.48 Å². The lowest BCUT2D eigenvalue weighted by atomic mass is 9.83. The van der Waals surface area contributed by atoms with E-state index >= 15 is 0 Å². The van der Waals surface area contributed by atoms with E-state index in [9.17, 15) is 23.2 Å². The molecule has 0 unspecified atom stereocenters. The number of rotatable bonds is 7. The van der Waals surface area contributed by atoms with Gasteiger partial charge in [0.2, 0.25) is 5.91 Å². The molecular weight excluding hydrogens is 499 g/mol. The molecule has 0 radical (unpaired) electrons. The summed E-state index contributed by atoms with van der Waals surface area (Å²) in [5.41, 5.74) is 1.48. The van der Waals surface area contributed by atoms with Crippen LogP contribution < -0.4 is 0 Å². The minimum absolute atomic E-state index is 0.000999. The molecular formula is C27H28F3N5OS. The Labute approximate surface area is 218 Å². The van der Waals surface area contributed by atoms with Crippen molar-refractivity contribution in [2.45, 2.75) is 38.5 Å². The number of thiophene rings is 1. The molecule has 4 rings (SSSR count). The lowest BCUT2D eigenvalue weighted by Crippen LogP contribution is -2.39. The number of aromatic nitrogens is 2. The average molecular weight is 528 g/mol. The van der Waals surface area contributed by atoms with E-state index in [1.165, 1.54) is 22.2 Å². The van der Waals surface area contributed by atoms with Crippen molar-refractivity contribution in [1.82, 2.24) is 19.6 Å². The smallest absolute Gasteiger partial charge is 0.333 e. The van der Waals surface area contributed by atoms with E-state index in [4.69, 9.17) is 0 Å². The van der Waals surface area contributed by atoms with Gasteiger partial charge in [-0.1, -0.05) is 30.8 Å². The molecule has 0 fully saturated rings. The summed E-state index contributed by atoms with van der Waals surface area (Å²) in [6.07, 6.45) is -2.69. The molecule has 0 aliphatic carbocycles. The number of carbonyl (C=O) groups excluding carboxylic acids is 1. The van der Waals surface area contributed by atoms with Gasteiger partial charge in [-0.15, -0.1) is 11.3 Å². The Morgan fingerprint density at radius 3 is 2.65 bits per heavy atom. The van der Waals surface area contributed by atoms with Crippen molar-refractivity contribution in [3.05, 3.63) is 75.3 Å². The molecule has 37 heavy (non-hydrogen) atoms. The molecule has 10 heteroatoms. The fourth-order valence-electron chi connectivity index (χ4n) is 4.62. The van der Waals surface area contributed by atoms with Gasteiger partial charge in [0, 0.05) is 47.8 Å². The van der Waals surface area contributed by atoms with E-state index in [0.29, 0.717) is 47.6 Å². The number of carbonyl (C=O) groups is 1. The van der Waals surface area contributed by atoms with Gasteiger partial charge in [-0.05, 0) is 50.2 Å². The monoisotopic (exact) mass is 527 g/mol. The van der Waals surface area contributed by atoms with Crippen molar-refractivity contribution >= 4 is 17.2 Å². The van der Waals surface area contributed by atoms with Crippen LogP contribution >= 0.6 is 11.3 Å². The first-order valence-electron chi connectivity index (χ1n) is 11.9. The predicted molar refractivity (Wildman–Crippen MR) is 137 cm³/mol. The zero-order valence-electron chi connectivity index (χ0n) is 21.0. The number of nitriles is 1. The Kier molecular flexibility index (Phi) is 7.57. The van der Waals surface area contributed by atoms with Crippen molar-refractivity contribution in [3.8, 4) is 17.2 Å². The summed E-state index contributed by atoms with van der Waals surface area (Å²) in [6.45, 7) is 7.30. The summed E-state index contributed by atoms with van der Waals surface area (Å²) >= 11 is 1.31. The van der Waals surface area contributed by atoms with Gasteiger partial charge in [0.1, 0.15) is 10.9 Å². The number of amides is 1. The number of hydrogen-bond donors (Lipinski definition) is 0. The minimum atomic E-state index is -4.62. The normalized spacial score (nSPS) is 15.5. The Morgan fingerprint density at radius 2 is 2.00 bits per heavy atom. The molecule has 3 aromatic rings. The molecule has 0 saturated carbocycles. The molecule has 1 aromatic carbocycles. The summed E-state index contributed by atoms with van der Waals surface area (Å²) in [5.74, 6) is -0.591. The maximum atomic E-state index is 14.0. The molecule has 6 nitrogen and oxygen atoms in total. The van der Waals surface area contributed by atoms with Gasteiger partial charge < -0.3 is 9.80 Å². The molecule has 1 aliphatic rings. The fourth-order valence-corrected chi connectivity index (χ4v) is 5.66. The van der Waals surface area contributed by atoms with Gasteiger partial charge in [0.05, 0.1) is 6.54 Å². The van der Waals surface area contributed by atoms with E-state index in [1.54, 1.807) is 42.2 Å². The van der Waals surface area contributed by atoms with Gasteiger partial charge in [-0.2, -0.15) is 23.5 Å². The van der Waals surface area contributed by atoms with Crippen molar-refractivity contribution in [1.29, 1.82) is 5.26 Å². The third kappa shape index (κ3) is 5.48. The molecule has 3 heterocycles. The van der Waals surface area contributed by atoms with Gasteiger partial charge in [-0.25, -0.2) is 0 Å². The molecule has 1 amide bonds. The number of halogens is 3. The second-order valence-corrected chi connectivity index (χ2v) is 10.5. The molecule has 2 aromatic heterocycles. The zero-order chi connectivity index (χ0) is 26.9. The molecule has 0 N–H and O–H groups in total. The van der Waals surface area contributed by atoms with Crippen LogP contribution in [0.15, 0.2) is 48.7 Å². The molecule has 0 spiro atoms. The van der Waals surface area contributed by atoms with Crippen molar-refractivity contribution in [2.75, 3.05) is 27.2 Å². The maximum Gasteiger partial charge on any atom is 0.435 e. The Hall–Kier alpha value is -3.42. The summed E-state index contributed by atoms with van der Waals surface area (Å²) in [5, 5.41) is 13.3. The fraction of sp³-hybridized carbons (Fsp3) is 0.370. The van der Waals surface area contributed by atoms with Gasteiger partial charge >= 0.3 is 6.18 Å². The van der Waals surface area contributed by atoms with Gasteiger partial charge in [0.25, 0.3) is 0 Å². The van der Waals surface area contributed by atoms with Crippen LogP contribution in [-0.2, 0) is 24.1 Å². The summed E-state index contributed by atoms with van der Waals surface area (Å²) in [6, 6.07) is 10.9. The first-order valence-corrected chi connectivity index (χ1v) is 12.7. The van der Waals surface area contributed by atoms with Crippen LogP contribution in [0.2, 0.25) is 0 Å². The largest absolute Gasteiger partial charge is 0.435 e. The lowest BCUT2D eigenvalue weighted by Gasteiger charge is -2.34. The maximum absolute atomic E-state index is 14.0. The summed E-state index contributed by atoms with van der Waals surface area (Å²) in [7, 11) is 3.84. The first kappa shape index (κ1) is 26.6. The Balaban J connectivity index is 1.80. The SMILES string of the molecule is C=C(CCN(C)C)C(=O)N1Cc2sc(C#N)cc2[C@H](c2ccccc2-c2cn(CC)nc2C(F)(F)F)C1. The van der Waals surface area contributed by atoms with Crippen LogP contribution in [0.3, 0.4) is 0 Å². The third-order valence-electron chi connectivity index (χ3n) is 6.50. The number of nitrogens with zero attached hydrogens (tertiary/aromatic N) is 5. The number of aryl methyl sites for hydroxylation is 1. The number of alkyl halides is 3. The lowest BCUT2D eigenvalue weighted by molar-refractivity contribution is -0.141. The summed E-state index contributed by atoms with van der Waals surface area (Å²) < 4.78 is 43.1. The van der Waals surface area contributed by atoms with Crippen LogP contribution in [0, 0.1) is 11.3 Å². The molecule has 194 valence electrons. The van der Waals surface area contributed by atoms with Crippen LogP contribution in [0.1, 0.15) is 45.8 Å². The molecule has 1 aliphatic heterocycles. The van der Waals surface area contributed by atoms with Crippen molar-refractivity contribution < 1.29 is 18.0 Å². The average Bonchev–Trinajstić information content (AvgIpc) is 3.50. The first-order chi connectivity index (χ1) is 17.5. The van der Waals surface area contributed by atoms with E-state index in [2.05, 4.69) is 17.7 Å². The second-order valence-electron chi connectivity index (χ2n) is 9.33. The minimum Gasteiger partial charge on any atom is -0.333 e. The molecule has 0 saturated heterocycles. The number of benzene rings is 1. The highest BCUT2D eigenvalue weighted by atomic mass is 32.1. The van der Waals surface area contributed by atoms with Crippen LogP contribution in [0.5, 0.6) is 0 Å². The van der Waals surface area contributed by atoms with E-state index in [1.807, 2.05) is 19.0 Å². The molecule has 0 bridgehead atoms.